The van der Waals surface area contributed by atoms with Gasteiger partial charge < -0.3 is 15.6 Å². The molecule has 0 aromatic heterocycles. The molecule has 0 heterocycles. The van der Waals surface area contributed by atoms with E-state index in [0.717, 1.165) is 8.95 Å². The molecule has 0 aliphatic rings. The highest BCUT2D eigenvalue weighted by Crippen LogP contribution is 2.25. The van der Waals surface area contributed by atoms with Gasteiger partial charge in [-0.25, -0.2) is 0 Å². The molecule has 0 saturated heterocycles. The quantitative estimate of drug-likeness (QED) is 0.112. The van der Waals surface area contributed by atoms with Gasteiger partial charge >= 0.3 is 11.9 Å². The van der Waals surface area contributed by atoms with E-state index in [1.807, 2.05) is 0 Å². The van der Waals surface area contributed by atoms with Crippen molar-refractivity contribution in [2.24, 2.45) is 5.73 Å². The number of methoxy groups -OCH3 is 1. The largest absolute Gasteiger partial charge is 0.480 e. The van der Waals surface area contributed by atoms with Gasteiger partial charge in [0.2, 0.25) is 0 Å². The lowest BCUT2D eigenvalue weighted by atomic mass is 10.1. The van der Waals surface area contributed by atoms with E-state index in [2.05, 4.69) is 31.9 Å². The molecule has 0 aliphatic carbocycles. The molecule has 1 unspecified atom stereocenters. The summed E-state index contributed by atoms with van der Waals surface area (Å²) in [4.78, 5) is 51.1. The maximum absolute atomic E-state index is 12.8. The molecule has 0 fully saturated rings. The number of ketones is 2. The standard InChI is InChI=1S/C25H28Br2N2O6S2/c1-35-25(34)21(15-37-36-14-20(28)24(32)33)29(12-10-22(30)16-2-6-18(26)7-3-16)13-11-23(31)17-4-8-19(27)9-5-17/h2-9,20-21H,10-15,28H2,1H3,(H,32,33)/t20?,21-/m0/s1. The van der Waals surface area contributed by atoms with Crippen molar-refractivity contribution in [1.82, 2.24) is 4.90 Å². The maximum atomic E-state index is 12.8. The molecule has 0 saturated carbocycles. The summed E-state index contributed by atoms with van der Waals surface area (Å²) in [7, 11) is 3.82. The third-order valence-corrected chi connectivity index (χ3v) is 8.86. The first-order chi connectivity index (χ1) is 17.6. The molecular weight excluding hydrogens is 648 g/mol. The molecule has 0 aliphatic heterocycles. The highest BCUT2D eigenvalue weighted by atomic mass is 79.9. The van der Waals surface area contributed by atoms with E-state index in [1.54, 1.807) is 53.4 Å². The fraction of sp³-hybridized carbons (Fsp3) is 0.360. The minimum absolute atomic E-state index is 0.0881. The molecule has 0 radical (unpaired) electrons. The first-order valence-corrected chi connectivity index (χ1v) is 15.3. The van der Waals surface area contributed by atoms with E-state index in [-0.39, 0.29) is 49.0 Å². The van der Waals surface area contributed by atoms with Crippen molar-refractivity contribution in [2.45, 2.75) is 24.9 Å². The van der Waals surface area contributed by atoms with Crippen LogP contribution < -0.4 is 5.73 Å². The van der Waals surface area contributed by atoms with Crippen LogP contribution in [0, 0.1) is 0 Å². The van der Waals surface area contributed by atoms with Crippen LogP contribution in [-0.4, -0.2) is 77.3 Å². The van der Waals surface area contributed by atoms with Crippen LogP contribution in [0.3, 0.4) is 0 Å². The highest BCUT2D eigenvalue weighted by Gasteiger charge is 2.28. The Morgan fingerprint density at radius 3 is 1.70 bits per heavy atom. The molecule has 200 valence electrons. The van der Waals surface area contributed by atoms with E-state index < -0.39 is 24.0 Å². The fourth-order valence-corrected chi connectivity index (χ4v) is 6.13. The van der Waals surface area contributed by atoms with E-state index in [4.69, 9.17) is 15.6 Å². The van der Waals surface area contributed by atoms with Crippen molar-refractivity contribution in [1.29, 1.82) is 0 Å². The van der Waals surface area contributed by atoms with E-state index >= 15 is 0 Å². The third kappa shape index (κ3) is 10.9. The molecule has 8 nitrogen and oxygen atoms in total. The van der Waals surface area contributed by atoms with Gasteiger partial charge in [-0.15, -0.1) is 0 Å². The molecular formula is C25H28Br2N2O6S2. The zero-order valence-electron chi connectivity index (χ0n) is 20.1. The van der Waals surface area contributed by atoms with Gasteiger partial charge in [-0.2, -0.15) is 0 Å². The van der Waals surface area contributed by atoms with Crippen LogP contribution >= 0.6 is 53.4 Å². The van der Waals surface area contributed by atoms with Crippen LogP contribution in [0.4, 0.5) is 0 Å². The molecule has 0 amide bonds. The number of benzene rings is 2. The molecule has 0 spiro atoms. The third-order valence-electron chi connectivity index (χ3n) is 5.37. The molecule has 2 aromatic rings. The number of Topliss-reactive ketones (excluding diaryl/α,β-unsaturated/α-hetero) is 2. The molecule has 0 bridgehead atoms. The van der Waals surface area contributed by atoms with Crippen molar-refractivity contribution in [3.63, 3.8) is 0 Å². The fourth-order valence-electron chi connectivity index (χ4n) is 3.24. The van der Waals surface area contributed by atoms with Crippen LogP contribution in [0.2, 0.25) is 0 Å². The minimum atomic E-state index is -1.10. The smallest absolute Gasteiger partial charge is 0.323 e. The number of halogens is 2. The second-order valence-electron chi connectivity index (χ2n) is 7.95. The SMILES string of the molecule is COC(=O)[C@H](CSSCC(N)C(=O)O)N(CCC(=O)c1ccc(Br)cc1)CCC(=O)c1ccc(Br)cc1. The first-order valence-electron chi connectivity index (χ1n) is 11.2. The number of rotatable bonds is 16. The van der Waals surface area contributed by atoms with Gasteiger partial charge in [0.05, 0.1) is 7.11 Å². The predicted octanol–water partition coefficient (Wildman–Crippen LogP) is 4.69. The molecule has 2 aromatic carbocycles. The van der Waals surface area contributed by atoms with Gasteiger partial charge in [-0.1, -0.05) is 77.7 Å². The van der Waals surface area contributed by atoms with Gasteiger partial charge in [-0.05, 0) is 24.3 Å². The summed E-state index contributed by atoms with van der Waals surface area (Å²) in [5, 5.41) is 8.97. The lowest BCUT2D eigenvalue weighted by molar-refractivity contribution is -0.146. The van der Waals surface area contributed by atoms with Gasteiger partial charge in [0.15, 0.2) is 11.6 Å². The van der Waals surface area contributed by atoms with E-state index in [9.17, 15) is 19.2 Å². The average Bonchev–Trinajstić information content (AvgIpc) is 2.89. The number of hydrogen-bond acceptors (Lipinski definition) is 9. The second kappa shape index (κ2) is 16.3. The average molecular weight is 676 g/mol. The lowest BCUT2D eigenvalue weighted by Crippen LogP contribution is -2.45. The van der Waals surface area contributed by atoms with Crippen LogP contribution in [0.15, 0.2) is 57.5 Å². The Hall–Kier alpha value is -1.70. The second-order valence-corrected chi connectivity index (χ2v) is 12.3. The van der Waals surface area contributed by atoms with Crippen molar-refractivity contribution >= 4 is 77.0 Å². The number of hydrogen-bond donors (Lipinski definition) is 2. The molecule has 2 rings (SSSR count). The Kier molecular flexibility index (Phi) is 13.9. The Morgan fingerprint density at radius 2 is 1.30 bits per heavy atom. The van der Waals surface area contributed by atoms with Crippen molar-refractivity contribution < 1.29 is 29.0 Å². The maximum Gasteiger partial charge on any atom is 0.323 e. The summed E-state index contributed by atoms with van der Waals surface area (Å²) in [6.45, 7) is 0.476. The zero-order chi connectivity index (χ0) is 27.4. The number of nitrogens with two attached hydrogens (primary N) is 1. The van der Waals surface area contributed by atoms with Crippen molar-refractivity contribution in [3.8, 4) is 0 Å². The highest BCUT2D eigenvalue weighted by molar-refractivity contribution is 9.10. The lowest BCUT2D eigenvalue weighted by Gasteiger charge is -2.29. The first kappa shape index (κ1) is 31.5. The van der Waals surface area contributed by atoms with Gasteiger partial charge in [0.25, 0.3) is 0 Å². The number of nitrogens with zero attached hydrogens (tertiary/aromatic N) is 1. The number of esters is 1. The van der Waals surface area contributed by atoms with Crippen LogP contribution in [0.1, 0.15) is 33.6 Å². The van der Waals surface area contributed by atoms with E-state index in [0.29, 0.717) is 11.1 Å². The van der Waals surface area contributed by atoms with Crippen LogP contribution in [0.5, 0.6) is 0 Å². The van der Waals surface area contributed by atoms with Gasteiger partial charge in [0, 0.05) is 57.5 Å². The summed E-state index contributed by atoms with van der Waals surface area (Å²) < 4.78 is 6.74. The minimum Gasteiger partial charge on any atom is -0.480 e. The Bertz CT molecular complexity index is 1010. The topological polar surface area (TPSA) is 127 Å². The monoisotopic (exact) mass is 674 g/mol. The predicted molar refractivity (Wildman–Crippen MR) is 154 cm³/mol. The Balaban J connectivity index is 2.13. The number of carboxylic acid groups (broad SMARTS) is 1. The summed E-state index contributed by atoms with van der Waals surface area (Å²) >= 11 is 6.71. The summed E-state index contributed by atoms with van der Waals surface area (Å²) in [5.74, 6) is -1.34. The zero-order valence-corrected chi connectivity index (χ0v) is 24.9. The van der Waals surface area contributed by atoms with E-state index in [1.165, 1.54) is 28.7 Å². The number of aliphatic carboxylic acids is 1. The van der Waals surface area contributed by atoms with Crippen LogP contribution in [0.25, 0.3) is 0 Å². The van der Waals surface area contributed by atoms with Crippen LogP contribution in [-0.2, 0) is 14.3 Å². The summed E-state index contributed by atoms with van der Waals surface area (Å²) in [5.41, 5.74) is 6.66. The van der Waals surface area contributed by atoms with Crippen molar-refractivity contribution in [3.05, 3.63) is 68.6 Å². The number of ether oxygens (including phenoxy) is 1. The van der Waals surface area contributed by atoms with Gasteiger partial charge in [0.1, 0.15) is 12.1 Å². The molecule has 2 atom stereocenters. The molecule has 3 N–H and O–H groups in total. The number of carbonyl (C=O) groups is 4. The summed E-state index contributed by atoms with van der Waals surface area (Å²) in [6, 6.07) is 12.3. The Labute approximate surface area is 240 Å². The normalized spacial score (nSPS) is 12.7. The molecule has 37 heavy (non-hydrogen) atoms. The van der Waals surface area contributed by atoms with Gasteiger partial charge in [-0.3, -0.25) is 24.1 Å². The number of carbonyl (C=O) groups excluding carboxylic acids is 3. The number of carboxylic acids is 1. The Morgan fingerprint density at radius 1 is 0.865 bits per heavy atom. The molecule has 12 heteroatoms. The van der Waals surface area contributed by atoms with Crippen molar-refractivity contribution in [2.75, 3.05) is 31.7 Å². The summed E-state index contributed by atoms with van der Waals surface area (Å²) in [6.07, 6.45) is 0.284.